The van der Waals surface area contributed by atoms with Crippen LogP contribution >= 0.6 is 0 Å². The maximum atomic E-state index is 12.9. The molecule has 0 aliphatic heterocycles. The Morgan fingerprint density at radius 2 is 1.84 bits per heavy atom. The number of benzene rings is 2. The van der Waals surface area contributed by atoms with Crippen molar-refractivity contribution in [2.45, 2.75) is 13.8 Å². The predicted octanol–water partition coefficient (Wildman–Crippen LogP) is 4.98. The SMILES string of the molecule is Cc1ccc(-c2cn3cccc(C)c3n2)cc1NC(=O)c1cc2ccccc2oc1=O. The molecule has 0 aliphatic carbocycles. The summed E-state index contributed by atoms with van der Waals surface area (Å²) in [5.41, 5.74) is 4.88. The highest BCUT2D eigenvalue weighted by Gasteiger charge is 2.16. The summed E-state index contributed by atoms with van der Waals surface area (Å²) in [6, 6.07) is 18.4. The molecule has 2 aromatic carbocycles. The van der Waals surface area contributed by atoms with E-state index in [1.165, 1.54) is 0 Å². The summed E-state index contributed by atoms with van der Waals surface area (Å²) < 4.78 is 7.27. The first-order chi connectivity index (χ1) is 15.0. The Kier molecular flexibility index (Phi) is 4.40. The number of hydrogen-bond acceptors (Lipinski definition) is 4. The van der Waals surface area contributed by atoms with E-state index >= 15 is 0 Å². The molecule has 0 saturated carbocycles. The maximum absolute atomic E-state index is 12.9. The molecule has 3 heterocycles. The van der Waals surface area contributed by atoms with E-state index in [2.05, 4.69) is 5.32 Å². The average Bonchev–Trinajstić information content (AvgIpc) is 3.20. The van der Waals surface area contributed by atoms with Crippen LogP contribution in [0.2, 0.25) is 0 Å². The fraction of sp³-hybridized carbons (Fsp3) is 0.0800. The minimum absolute atomic E-state index is 0.0353. The van der Waals surface area contributed by atoms with Gasteiger partial charge < -0.3 is 14.1 Å². The van der Waals surface area contributed by atoms with E-state index in [1.807, 2.05) is 67.0 Å². The van der Waals surface area contributed by atoms with Gasteiger partial charge in [0.1, 0.15) is 16.8 Å². The zero-order valence-electron chi connectivity index (χ0n) is 17.0. The van der Waals surface area contributed by atoms with Crippen molar-refractivity contribution in [3.05, 3.63) is 100 Å². The Morgan fingerprint density at radius 1 is 1.00 bits per heavy atom. The van der Waals surface area contributed by atoms with Crippen molar-refractivity contribution in [3.63, 3.8) is 0 Å². The van der Waals surface area contributed by atoms with Crippen LogP contribution in [0.15, 0.2) is 82.3 Å². The molecule has 0 unspecified atom stereocenters. The smallest absolute Gasteiger partial charge is 0.349 e. The van der Waals surface area contributed by atoms with Crippen LogP contribution in [0.4, 0.5) is 5.69 Å². The molecular formula is C25H19N3O3. The van der Waals surface area contributed by atoms with Crippen LogP contribution in [0, 0.1) is 13.8 Å². The van der Waals surface area contributed by atoms with Gasteiger partial charge in [-0.2, -0.15) is 0 Å². The van der Waals surface area contributed by atoms with Gasteiger partial charge in [0.05, 0.1) is 5.69 Å². The number of nitrogens with one attached hydrogen (secondary N) is 1. The third-order valence-electron chi connectivity index (χ3n) is 5.35. The van der Waals surface area contributed by atoms with Gasteiger partial charge in [0.25, 0.3) is 5.91 Å². The van der Waals surface area contributed by atoms with E-state index in [-0.39, 0.29) is 5.56 Å². The lowest BCUT2D eigenvalue weighted by Gasteiger charge is -2.10. The van der Waals surface area contributed by atoms with Crippen molar-refractivity contribution >= 4 is 28.2 Å². The minimum Gasteiger partial charge on any atom is -0.422 e. The van der Waals surface area contributed by atoms with Crippen molar-refractivity contribution in [2.24, 2.45) is 0 Å². The molecule has 0 saturated heterocycles. The number of nitrogens with zero attached hydrogens (tertiary/aromatic N) is 2. The molecule has 0 atom stereocenters. The van der Waals surface area contributed by atoms with Crippen LogP contribution in [0.3, 0.4) is 0 Å². The van der Waals surface area contributed by atoms with Gasteiger partial charge in [-0.15, -0.1) is 0 Å². The number of aryl methyl sites for hydroxylation is 2. The molecule has 31 heavy (non-hydrogen) atoms. The number of carbonyl (C=O) groups is 1. The predicted molar refractivity (Wildman–Crippen MR) is 121 cm³/mol. The van der Waals surface area contributed by atoms with Crippen LogP contribution in [0.25, 0.3) is 27.9 Å². The molecule has 1 amide bonds. The molecule has 0 spiro atoms. The lowest BCUT2D eigenvalue weighted by Crippen LogP contribution is -2.21. The van der Waals surface area contributed by atoms with Gasteiger partial charge in [-0.25, -0.2) is 9.78 Å². The van der Waals surface area contributed by atoms with E-state index in [0.717, 1.165) is 28.0 Å². The molecule has 0 aliphatic rings. The van der Waals surface area contributed by atoms with Crippen LogP contribution < -0.4 is 10.9 Å². The summed E-state index contributed by atoms with van der Waals surface area (Å²) >= 11 is 0. The zero-order valence-corrected chi connectivity index (χ0v) is 17.0. The van der Waals surface area contributed by atoms with Gasteiger partial charge in [0, 0.05) is 29.0 Å². The number of fused-ring (bicyclic) bond motifs is 2. The van der Waals surface area contributed by atoms with Gasteiger partial charge in [0.2, 0.25) is 0 Å². The van der Waals surface area contributed by atoms with E-state index in [0.29, 0.717) is 16.7 Å². The Balaban J connectivity index is 1.51. The topological polar surface area (TPSA) is 76.6 Å². The second-order valence-corrected chi connectivity index (χ2v) is 7.52. The van der Waals surface area contributed by atoms with Crippen LogP contribution in [-0.2, 0) is 0 Å². The van der Waals surface area contributed by atoms with Gasteiger partial charge >= 0.3 is 5.63 Å². The van der Waals surface area contributed by atoms with Gasteiger partial charge in [0.15, 0.2) is 0 Å². The summed E-state index contributed by atoms with van der Waals surface area (Å²) in [7, 11) is 0. The Labute approximate surface area is 177 Å². The quantitative estimate of drug-likeness (QED) is 0.427. The first-order valence-corrected chi connectivity index (χ1v) is 9.89. The van der Waals surface area contributed by atoms with E-state index in [4.69, 9.17) is 9.40 Å². The molecule has 6 nitrogen and oxygen atoms in total. The second kappa shape index (κ2) is 7.25. The van der Waals surface area contributed by atoms with E-state index in [1.54, 1.807) is 24.3 Å². The number of rotatable bonds is 3. The van der Waals surface area contributed by atoms with Crippen LogP contribution in [0.1, 0.15) is 21.5 Å². The molecule has 0 radical (unpaired) electrons. The number of carbonyl (C=O) groups excluding carboxylic acids is 1. The Morgan fingerprint density at radius 3 is 2.68 bits per heavy atom. The maximum Gasteiger partial charge on any atom is 0.349 e. The minimum atomic E-state index is -0.666. The van der Waals surface area contributed by atoms with Gasteiger partial charge in [-0.1, -0.05) is 36.4 Å². The van der Waals surface area contributed by atoms with Gasteiger partial charge in [-0.3, -0.25) is 4.79 Å². The molecular weight excluding hydrogens is 390 g/mol. The third-order valence-corrected chi connectivity index (χ3v) is 5.35. The lowest BCUT2D eigenvalue weighted by atomic mass is 10.1. The highest BCUT2D eigenvalue weighted by atomic mass is 16.4. The molecule has 1 N–H and O–H groups in total. The number of amides is 1. The Bertz CT molecular complexity index is 1530. The zero-order chi connectivity index (χ0) is 21.5. The molecule has 5 aromatic rings. The van der Waals surface area contributed by atoms with Crippen LogP contribution in [0.5, 0.6) is 0 Å². The second-order valence-electron chi connectivity index (χ2n) is 7.52. The fourth-order valence-electron chi connectivity index (χ4n) is 3.62. The average molecular weight is 409 g/mol. The molecule has 152 valence electrons. The first kappa shape index (κ1) is 18.8. The van der Waals surface area contributed by atoms with Crippen molar-refractivity contribution in [1.29, 1.82) is 0 Å². The number of para-hydroxylation sites is 1. The van der Waals surface area contributed by atoms with E-state index in [9.17, 15) is 9.59 Å². The lowest BCUT2D eigenvalue weighted by molar-refractivity contribution is 0.102. The largest absolute Gasteiger partial charge is 0.422 e. The number of aromatic nitrogens is 2. The summed E-state index contributed by atoms with van der Waals surface area (Å²) in [4.78, 5) is 29.9. The highest BCUT2D eigenvalue weighted by Crippen LogP contribution is 2.26. The number of imidazole rings is 1. The molecule has 6 heteroatoms. The summed E-state index contributed by atoms with van der Waals surface area (Å²) in [6.45, 7) is 3.91. The third kappa shape index (κ3) is 3.38. The molecule has 0 fully saturated rings. The molecule has 5 rings (SSSR count). The summed E-state index contributed by atoms with van der Waals surface area (Å²) in [5.74, 6) is -0.509. The standard InChI is InChI=1S/C25H19N3O3/c1-15-9-10-17(21-14-28-11-5-6-16(2)23(28)26-21)13-20(15)27-24(29)19-12-18-7-3-4-8-22(18)31-25(19)30/h3-14H,1-2H3,(H,27,29). The molecule has 0 bridgehead atoms. The molecule has 3 aromatic heterocycles. The van der Waals surface area contributed by atoms with E-state index < -0.39 is 11.5 Å². The van der Waals surface area contributed by atoms with Crippen molar-refractivity contribution in [1.82, 2.24) is 9.38 Å². The summed E-state index contributed by atoms with van der Waals surface area (Å²) in [6.07, 6.45) is 3.91. The van der Waals surface area contributed by atoms with Crippen molar-refractivity contribution in [2.75, 3.05) is 5.32 Å². The Hall–Kier alpha value is -4.19. The van der Waals surface area contributed by atoms with Crippen LogP contribution in [-0.4, -0.2) is 15.3 Å². The number of anilines is 1. The number of hydrogen-bond donors (Lipinski definition) is 1. The fourth-order valence-corrected chi connectivity index (χ4v) is 3.62. The monoisotopic (exact) mass is 409 g/mol. The van der Waals surface area contributed by atoms with Gasteiger partial charge in [-0.05, 0) is 49.2 Å². The first-order valence-electron chi connectivity index (χ1n) is 9.89. The van der Waals surface area contributed by atoms with Crippen molar-refractivity contribution < 1.29 is 9.21 Å². The highest BCUT2D eigenvalue weighted by molar-refractivity contribution is 6.06. The van der Waals surface area contributed by atoms with Crippen molar-refractivity contribution in [3.8, 4) is 11.3 Å². The normalized spacial score (nSPS) is 11.2. The number of pyridine rings is 1. The summed E-state index contributed by atoms with van der Waals surface area (Å²) in [5, 5.41) is 3.55.